The lowest BCUT2D eigenvalue weighted by molar-refractivity contribution is -0.142. The van der Waals surface area contributed by atoms with Crippen molar-refractivity contribution in [2.24, 2.45) is 33.7 Å². The number of carbonyl (C=O) groups is 5. The summed E-state index contributed by atoms with van der Waals surface area (Å²) < 4.78 is 0. The van der Waals surface area contributed by atoms with Crippen LogP contribution in [0.4, 0.5) is 0 Å². The number of primary amides is 1. The van der Waals surface area contributed by atoms with Crippen LogP contribution >= 0.6 is 0 Å². The second kappa shape index (κ2) is 16.4. The van der Waals surface area contributed by atoms with Gasteiger partial charge in [-0.1, -0.05) is 0 Å². The molecule has 216 valence electrons. The maximum atomic E-state index is 13.4. The molecule has 1 rings (SSSR count). The number of nitrogens with two attached hydrogens (primary N) is 5. The standard InChI is InChI=1S/C23H44N10O5/c1-13(25)19(35)32-16(8-5-11-29-23(27)28)22(38)33-12-6-9-17(33)21(37)30-14(2)20(36)31-15(18(26)34)7-3-4-10-24/h13-17H,3-12,24-25H2,1-2H3,(H2,26,34)(H,30,37)(H,31,36)(H,32,35)(H4,27,28,29)/t13-,14-,15+,16-,17-/m0/s1. The molecule has 0 unspecified atom stereocenters. The summed E-state index contributed by atoms with van der Waals surface area (Å²) in [4.78, 5) is 68.3. The minimum Gasteiger partial charge on any atom is -0.370 e. The summed E-state index contributed by atoms with van der Waals surface area (Å²) in [6, 6.07) is -4.46. The van der Waals surface area contributed by atoms with E-state index in [0.29, 0.717) is 51.6 Å². The third kappa shape index (κ3) is 10.9. The van der Waals surface area contributed by atoms with Crippen molar-refractivity contribution in [3.05, 3.63) is 0 Å². The van der Waals surface area contributed by atoms with Crippen LogP contribution in [0.25, 0.3) is 0 Å². The topological polar surface area (TPSA) is 267 Å². The number of hydrogen-bond acceptors (Lipinski definition) is 8. The molecule has 15 heteroatoms. The van der Waals surface area contributed by atoms with Crippen molar-refractivity contribution in [1.29, 1.82) is 0 Å². The molecule has 0 aromatic carbocycles. The van der Waals surface area contributed by atoms with E-state index in [0.717, 1.165) is 0 Å². The highest BCUT2D eigenvalue weighted by Crippen LogP contribution is 2.20. The summed E-state index contributed by atoms with van der Waals surface area (Å²) in [5.74, 6) is -2.80. The second-order valence-electron chi connectivity index (χ2n) is 9.47. The zero-order valence-electron chi connectivity index (χ0n) is 22.3. The van der Waals surface area contributed by atoms with Crippen LogP contribution in [0.3, 0.4) is 0 Å². The molecule has 13 N–H and O–H groups in total. The van der Waals surface area contributed by atoms with E-state index >= 15 is 0 Å². The summed E-state index contributed by atoms with van der Waals surface area (Å²) in [6.07, 6.45) is 3.21. The van der Waals surface area contributed by atoms with Gasteiger partial charge in [-0.3, -0.25) is 29.0 Å². The molecular weight excluding hydrogens is 496 g/mol. The number of likely N-dealkylation sites (tertiary alicyclic amines) is 1. The van der Waals surface area contributed by atoms with Gasteiger partial charge in [-0.05, 0) is 65.3 Å². The van der Waals surface area contributed by atoms with Crippen LogP contribution in [0.5, 0.6) is 0 Å². The molecule has 1 saturated heterocycles. The van der Waals surface area contributed by atoms with E-state index in [1.807, 2.05) is 0 Å². The first-order chi connectivity index (χ1) is 17.9. The predicted octanol–water partition coefficient (Wildman–Crippen LogP) is -3.53. The smallest absolute Gasteiger partial charge is 0.245 e. The van der Waals surface area contributed by atoms with Gasteiger partial charge in [-0.2, -0.15) is 0 Å². The maximum Gasteiger partial charge on any atom is 0.245 e. The number of aliphatic imine (C=N–C) groups is 1. The third-order valence-corrected chi connectivity index (χ3v) is 6.17. The first-order valence-electron chi connectivity index (χ1n) is 12.9. The van der Waals surface area contributed by atoms with E-state index in [9.17, 15) is 24.0 Å². The van der Waals surface area contributed by atoms with Gasteiger partial charge < -0.3 is 49.5 Å². The highest BCUT2D eigenvalue weighted by molar-refractivity contribution is 5.95. The van der Waals surface area contributed by atoms with E-state index in [4.69, 9.17) is 28.7 Å². The van der Waals surface area contributed by atoms with E-state index in [2.05, 4.69) is 20.9 Å². The zero-order valence-corrected chi connectivity index (χ0v) is 22.3. The monoisotopic (exact) mass is 540 g/mol. The number of unbranched alkanes of at least 4 members (excludes halogenated alkanes) is 1. The molecule has 5 atom stereocenters. The Morgan fingerprint density at radius 1 is 0.921 bits per heavy atom. The molecule has 38 heavy (non-hydrogen) atoms. The normalized spacial score (nSPS) is 18.0. The van der Waals surface area contributed by atoms with Crippen LogP contribution in [0.2, 0.25) is 0 Å². The van der Waals surface area contributed by atoms with Crippen molar-refractivity contribution in [1.82, 2.24) is 20.9 Å². The SMILES string of the molecule is C[C@H](N)C(=O)N[C@@H](CCCN=C(N)N)C(=O)N1CCC[C@H]1C(=O)N[C@@H](C)C(=O)N[C@H](CCCCN)C(N)=O. The summed E-state index contributed by atoms with van der Waals surface area (Å²) in [5, 5.41) is 7.80. The summed E-state index contributed by atoms with van der Waals surface area (Å²) >= 11 is 0. The van der Waals surface area contributed by atoms with Crippen molar-refractivity contribution in [3.63, 3.8) is 0 Å². The van der Waals surface area contributed by atoms with Gasteiger partial charge in [-0.25, -0.2) is 0 Å². The molecule has 1 fully saturated rings. The lowest BCUT2D eigenvalue weighted by Gasteiger charge is -2.30. The van der Waals surface area contributed by atoms with Gasteiger partial charge in [0.05, 0.1) is 6.04 Å². The first-order valence-corrected chi connectivity index (χ1v) is 12.9. The van der Waals surface area contributed by atoms with E-state index in [1.54, 1.807) is 0 Å². The molecule has 0 bridgehead atoms. The Bertz CT molecular complexity index is 862. The number of hydrogen-bond donors (Lipinski definition) is 8. The van der Waals surface area contributed by atoms with E-state index in [1.165, 1.54) is 18.7 Å². The van der Waals surface area contributed by atoms with Crippen LogP contribution in [0.1, 0.15) is 58.8 Å². The van der Waals surface area contributed by atoms with Gasteiger partial charge in [0.2, 0.25) is 29.5 Å². The number of nitrogens with one attached hydrogen (secondary N) is 3. The molecule has 0 saturated carbocycles. The fourth-order valence-electron chi connectivity index (χ4n) is 4.02. The van der Waals surface area contributed by atoms with Crippen molar-refractivity contribution in [2.45, 2.75) is 89.0 Å². The van der Waals surface area contributed by atoms with Crippen LogP contribution in [-0.2, 0) is 24.0 Å². The van der Waals surface area contributed by atoms with Gasteiger partial charge >= 0.3 is 0 Å². The molecule has 0 aliphatic carbocycles. The third-order valence-electron chi connectivity index (χ3n) is 6.17. The molecule has 1 aliphatic rings. The molecule has 1 heterocycles. The number of rotatable bonds is 16. The molecule has 0 radical (unpaired) electrons. The van der Waals surface area contributed by atoms with Crippen LogP contribution in [0, 0.1) is 0 Å². The second-order valence-corrected chi connectivity index (χ2v) is 9.47. The van der Waals surface area contributed by atoms with Crippen molar-refractivity contribution < 1.29 is 24.0 Å². The Morgan fingerprint density at radius 3 is 2.13 bits per heavy atom. The summed E-state index contributed by atoms with van der Waals surface area (Å²) in [5.41, 5.74) is 27.2. The molecule has 15 nitrogen and oxygen atoms in total. The molecular formula is C23H44N10O5. The van der Waals surface area contributed by atoms with Crippen molar-refractivity contribution in [2.75, 3.05) is 19.6 Å². The van der Waals surface area contributed by atoms with Gasteiger partial charge in [0, 0.05) is 13.1 Å². The Labute approximate surface area is 223 Å². The van der Waals surface area contributed by atoms with Crippen molar-refractivity contribution in [3.8, 4) is 0 Å². The minimum atomic E-state index is -0.982. The Hall–Kier alpha value is -3.46. The largest absolute Gasteiger partial charge is 0.370 e. The van der Waals surface area contributed by atoms with Crippen LogP contribution in [-0.4, -0.2) is 90.2 Å². The minimum absolute atomic E-state index is 0.0837. The number of guanidine groups is 1. The quantitative estimate of drug-likeness (QED) is 0.0546. The summed E-state index contributed by atoms with van der Waals surface area (Å²) in [7, 11) is 0. The Kier molecular flexibility index (Phi) is 14.1. The van der Waals surface area contributed by atoms with Crippen LogP contribution < -0.4 is 44.6 Å². The van der Waals surface area contributed by atoms with Crippen molar-refractivity contribution >= 4 is 35.5 Å². The van der Waals surface area contributed by atoms with E-state index < -0.39 is 59.7 Å². The number of amides is 5. The van der Waals surface area contributed by atoms with Crippen LogP contribution in [0.15, 0.2) is 4.99 Å². The molecule has 5 amide bonds. The highest BCUT2D eigenvalue weighted by atomic mass is 16.2. The zero-order chi connectivity index (χ0) is 28.8. The number of carbonyl (C=O) groups excluding carboxylic acids is 5. The first kappa shape index (κ1) is 32.6. The van der Waals surface area contributed by atoms with Gasteiger partial charge in [0.25, 0.3) is 0 Å². The van der Waals surface area contributed by atoms with E-state index in [-0.39, 0.29) is 18.9 Å². The van der Waals surface area contributed by atoms with Gasteiger partial charge in [0.1, 0.15) is 24.2 Å². The molecule has 0 spiro atoms. The predicted molar refractivity (Wildman–Crippen MR) is 142 cm³/mol. The highest BCUT2D eigenvalue weighted by Gasteiger charge is 2.38. The summed E-state index contributed by atoms with van der Waals surface area (Å²) in [6.45, 7) is 3.99. The lowest BCUT2D eigenvalue weighted by Crippen LogP contribution is -2.57. The average Bonchev–Trinajstić information content (AvgIpc) is 3.34. The Balaban J connectivity index is 2.85. The van der Waals surface area contributed by atoms with Gasteiger partial charge in [-0.15, -0.1) is 0 Å². The fourth-order valence-corrected chi connectivity index (χ4v) is 4.02. The fraction of sp³-hybridized carbons (Fsp3) is 0.739. The Morgan fingerprint density at radius 2 is 1.55 bits per heavy atom. The van der Waals surface area contributed by atoms with Gasteiger partial charge in [0.15, 0.2) is 5.96 Å². The molecule has 0 aromatic heterocycles. The molecule has 0 aromatic rings. The lowest BCUT2D eigenvalue weighted by atomic mass is 10.1. The number of nitrogens with zero attached hydrogens (tertiary/aromatic N) is 2. The average molecular weight is 541 g/mol. The molecule has 1 aliphatic heterocycles. The maximum absolute atomic E-state index is 13.4.